The highest BCUT2D eigenvalue weighted by atomic mass is 15.3. The average Bonchev–Trinajstić information content (AvgIpc) is 3.47. The molecule has 0 aromatic carbocycles. The molecule has 8 heteroatoms. The zero-order valence-electron chi connectivity index (χ0n) is 16.3. The topological polar surface area (TPSA) is 77.7 Å². The molecular formula is C22H18N8. The Morgan fingerprint density at radius 3 is 2.50 bits per heavy atom. The van der Waals surface area contributed by atoms with Gasteiger partial charge in [-0.05, 0) is 41.8 Å². The lowest BCUT2D eigenvalue weighted by Crippen LogP contribution is -2.01. The predicted octanol–water partition coefficient (Wildman–Crippen LogP) is 2.91. The van der Waals surface area contributed by atoms with Gasteiger partial charge < -0.3 is 4.40 Å². The fraction of sp³-hybridized carbons (Fsp3) is 0.136. The summed E-state index contributed by atoms with van der Waals surface area (Å²) in [6.07, 6.45) is 11.2. The van der Waals surface area contributed by atoms with E-state index in [4.69, 9.17) is 0 Å². The van der Waals surface area contributed by atoms with Gasteiger partial charge in [0.15, 0.2) is 11.3 Å². The molecule has 8 nitrogen and oxygen atoms in total. The molecule has 0 N–H and O–H groups in total. The van der Waals surface area contributed by atoms with E-state index in [0.717, 1.165) is 40.4 Å². The van der Waals surface area contributed by atoms with Crippen molar-refractivity contribution in [2.24, 2.45) is 0 Å². The first-order chi connectivity index (χ1) is 14.7. The second-order valence-electron chi connectivity index (χ2n) is 7.52. The molecule has 0 fully saturated rings. The number of hydrogen-bond donors (Lipinski definition) is 0. The molecule has 30 heavy (non-hydrogen) atoms. The van der Waals surface area contributed by atoms with E-state index in [0.29, 0.717) is 6.42 Å². The number of aromatic nitrogens is 8. The summed E-state index contributed by atoms with van der Waals surface area (Å²) in [5.41, 5.74) is 7.27. The van der Waals surface area contributed by atoms with Crippen LogP contribution in [0.25, 0.3) is 16.9 Å². The number of nitrogens with zero attached hydrogens (tertiary/aromatic N) is 8. The Morgan fingerprint density at radius 1 is 0.733 bits per heavy atom. The van der Waals surface area contributed by atoms with Crippen molar-refractivity contribution >= 4 is 16.9 Å². The number of fused-ring (bicyclic) bond motifs is 3. The molecule has 0 radical (unpaired) electrons. The third-order valence-electron chi connectivity index (χ3n) is 5.35. The Labute approximate surface area is 171 Å². The SMILES string of the molecule is Cc1ccc2ncc(Cc3ccc4nnc(Cc5ccc6ncnn6c5)n4c3)n2c1. The highest BCUT2D eigenvalue weighted by molar-refractivity contribution is 5.45. The Bertz CT molecular complexity index is 1520. The summed E-state index contributed by atoms with van der Waals surface area (Å²) >= 11 is 0. The first-order valence-electron chi connectivity index (χ1n) is 9.76. The smallest absolute Gasteiger partial charge is 0.160 e. The molecule has 0 amide bonds. The van der Waals surface area contributed by atoms with Crippen LogP contribution in [0.1, 0.15) is 28.2 Å². The number of aryl methyl sites for hydroxylation is 1. The molecule has 0 saturated carbocycles. The van der Waals surface area contributed by atoms with E-state index in [1.165, 1.54) is 11.1 Å². The zero-order valence-corrected chi connectivity index (χ0v) is 16.3. The Hall–Kier alpha value is -4.07. The van der Waals surface area contributed by atoms with Gasteiger partial charge in [0.05, 0.1) is 0 Å². The zero-order chi connectivity index (χ0) is 20.1. The summed E-state index contributed by atoms with van der Waals surface area (Å²) in [5.74, 6) is 0.889. The van der Waals surface area contributed by atoms with Gasteiger partial charge in [0.25, 0.3) is 0 Å². The van der Waals surface area contributed by atoms with E-state index >= 15 is 0 Å². The maximum Gasteiger partial charge on any atom is 0.160 e. The van der Waals surface area contributed by atoms with Crippen molar-refractivity contribution < 1.29 is 0 Å². The van der Waals surface area contributed by atoms with Crippen LogP contribution < -0.4 is 0 Å². The molecule has 6 aromatic rings. The van der Waals surface area contributed by atoms with Gasteiger partial charge >= 0.3 is 0 Å². The van der Waals surface area contributed by atoms with Crippen LogP contribution in [0.2, 0.25) is 0 Å². The predicted molar refractivity (Wildman–Crippen MR) is 112 cm³/mol. The standard InChI is InChI=1S/C22H18N8/c1-15-2-5-19-23-10-18(28(19)11-15)8-16-4-7-21-26-27-22(29(21)12-16)9-17-3-6-20-24-14-25-30(20)13-17/h2-7,10-14H,8-9H2,1H3. The number of rotatable bonds is 4. The first kappa shape index (κ1) is 16.8. The van der Waals surface area contributed by atoms with E-state index in [9.17, 15) is 0 Å². The van der Waals surface area contributed by atoms with E-state index in [2.05, 4.69) is 71.6 Å². The molecule has 146 valence electrons. The van der Waals surface area contributed by atoms with Crippen LogP contribution in [0.3, 0.4) is 0 Å². The van der Waals surface area contributed by atoms with Gasteiger partial charge in [-0.3, -0.25) is 4.40 Å². The second-order valence-corrected chi connectivity index (χ2v) is 7.52. The molecule has 0 bridgehead atoms. The summed E-state index contributed by atoms with van der Waals surface area (Å²) < 4.78 is 5.99. The fourth-order valence-corrected chi connectivity index (χ4v) is 3.83. The number of hydrogen-bond acceptors (Lipinski definition) is 5. The number of imidazole rings is 1. The van der Waals surface area contributed by atoms with E-state index in [1.807, 2.05) is 30.6 Å². The Balaban J connectivity index is 1.35. The van der Waals surface area contributed by atoms with Crippen LogP contribution in [-0.2, 0) is 12.8 Å². The van der Waals surface area contributed by atoms with Gasteiger partial charge in [-0.25, -0.2) is 14.5 Å². The molecule has 6 aromatic heterocycles. The van der Waals surface area contributed by atoms with Gasteiger partial charge in [-0.1, -0.05) is 18.2 Å². The minimum atomic E-state index is 0.662. The van der Waals surface area contributed by atoms with Crippen molar-refractivity contribution in [2.75, 3.05) is 0 Å². The molecule has 0 spiro atoms. The van der Waals surface area contributed by atoms with Crippen molar-refractivity contribution in [3.8, 4) is 0 Å². The summed E-state index contributed by atoms with van der Waals surface area (Å²) in [6, 6.07) is 12.3. The summed E-state index contributed by atoms with van der Waals surface area (Å²) in [7, 11) is 0. The van der Waals surface area contributed by atoms with Crippen molar-refractivity contribution in [1.29, 1.82) is 0 Å². The van der Waals surface area contributed by atoms with Gasteiger partial charge in [-0.15, -0.1) is 10.2 Å². The van der Waals surface area contributed by atoms with E-state index in [1.54, 1.807) is 10.8 Å². The monoisotopic (exact) mass is 394 g/mol. The van der Waals surface area contributed by atoms with Crippen molar-refractivity contribution in [3.05, 3.63) is 95.7 Å². The minimum absolute atomic E-state index is 0.662. The van der Waals surface area contributed by atoms with Gasteiger partial charge in [0, 0.05) is 43.3 Å². The quantitative estimate of drug-likeness (QED) is 0.459. The number of pyridine rings is 3. The lowest BCUT2D eigenvalue weighted by atomic mass is 10.1. The third-order valence-corrected chi connectivity index (χ3v) is 5.35. The van der Waals surface area contributed by atoms with Crippen LogP contribution >= 0.6 is 0 Å². The molecule has 6 rings (SSSR count). The molecule has 0 aliphatic rings. The molecule has 6 heterocycles. The molecule has 0 saturated heterocycles. The molecule has 0 unspecified atom stereocenters. The minimum Gasteiger partial charge on any atom is -0.303 e. The van der Waals surface area contributed by atoms with Gasteiger partial charge in [-0.2, -0.15) is 5.10 Å². The Kier molecular flexibility index (Phi) is 3.64. The summed E-state index contributed by atoms with van der Waals surface area (Å²) in [4.78, 5) is 8.71. The average molecular weight is 394 g/mol. The molecule has 0 aliphatic carbocycles. The molecule has 0 atom stereocenters. The van der Waals surface area contributed by atoms with E-state index in [-0.39, 0.29) is 0 Å². The van der Waals surface area contributed by atoms with Crippen LogP contribution in [0.15, 0.2) is 67.5 Å². The Morgan fingerprint density at radius 2 is 1.57 bits per heavy atom. The summed E-state index contributed by atoms with van der Waals surface area (Å²) in [5, 5.41) is 12.9. The van der Waals surface area contributed by atoms with Gasteiger partial charge in [0.2, 0.25) is 0 Å². The largest absolute Gasteiger partial charge is 0.303 e. The van der Waals surface area contributed by atoms with Crippen molar-refractivity contribution in [3.63, 3.8) is 0 Å². The third kappa shape index (κ3) is 2.81. The molecule has 0 aliphatic heterocycles. The van der Waals surface area contributed by atoms with Crippen LogP contribution in [0.5, 0.6) is 0 Å². The van der Waals surface area contributed by atoms with Crippen molar-refractivity contribution in [1.82, 2.24) is 38.6 Å². The molecular weight excluding hydrogens is 376 g/mol. The van der Waals surface area contributed by atoms with Gasteiger partial charge in [0.1, 0.15) is 17.8 Å². The second kappa shape index (κ2) is 6.48. The highest BCUT2D eigenvalue weighted by Gasteiger charge is 2.10. The first-order valence-corrected chi connectivity index (χ1v) is 9.76. The highest BCUT2D eigenvalue weighted by Crippen LogP contribution is 2.16. The maximum atomic E-state index is 4.52. The maximum absolute atomic E-state index is 4.52. The lowest BCUT2D eigenvalue weighted by Gasteiger charge is -2.06. The van der Waals surface area contributed by atoms with E-state index < -0.39 is 0 Å². The van der Waals surface area contributed by atoms with Crippen LogP contribution in [0.4, 0.5) is 0 Å². The normalized spacial score (nSPS) is 11.8. The van der Waals surface area contributed by atoms with Crippen molar-refractivity contribution in [2.45, 2.75) is 19.8 Å². The lowest BCUT2D eigenvalue weighted by molar-refractivity contribution is 0.895. The van der Waals surface area contributed by atoms with Crippen LogP contribution in [0, 0.1) is 6.92 Å². The fourth-order valence-electron chi connectivity index (χ4n) is 3.83. The summed E-state index contributed by atoms with van der Waals surface area (Å²) in [6.45, 7) is 2.09. The van der Waals surface area contributed by atoms with Crippen LogP contribution in [-0.4, -0.2) is 38.6 Å².